The Labute approximate surface area is 107 Å². The molecule has 5 heteroatoms. The molecule has 1 aromatic rings. The lowest BCUT2D eigenvalue weighted by atomic mass is 9.45. The van der Waals surface area contributed by atoms with Gasteiger partial charge in [0.1, 0.15) is 0 Å². The van der Waals surface area contributed by atoms with Crippen LogP contribution in [0.3, 0.4) is 0 Å². The average Bonchev–Trinajstić information content (AvgIpc) is 2.46. The van der Waals surface area contributed by atoms with E-state index in [4.69, 9.17) is 10.00 Å². The van der Waals surface area contributed by atoms with Crippen LogP contribution in [0, 0.1) is 11.2 Å². The highest BCUT2D eigenvalue weighted by atomic mass is 16.5. The lowest BCUT2D eigenvalue weighted by Gasteiger charge is -2.30. The summed E-state index contributed by atoms with van der Waals surface area (Å²) in [4.78, 5) is 13.7. The van der Waals surface area contributed by atoms with Gasteiger partial charge in [-0.25, -0.2) is 10.1 Å². The van der Waals surface area contributed by atoms with Crippen LogP contribution in [0.5, 0.6) is 0 Å². The summed E-state index contributed by atoms with van der Waals surface area (Å²) in [6.07, 6.45) is 1.78. The summed E-state index contributed by atoms with van der Waals surface area (Å²) in [5.74, 6) is 2.00. The molecule has 0 aliphatic carbocycles. The van der Waals surface area contributed by atoms with Crippen molar-refractivity contribution < 1.29 is 9.53 Å². The number of ether oxygens (including phenoxy) is 1. The van der Waals surface area contributed by atoms with E-state index in [0.29, 0.717) is 5.56 Å². The van der Waals surface area contributed by atoms with E-state index in [9.17, 15) is 4.79 Å². The Morgan fingerprint density at radius 1 is 1.44 bits per heavy atom. The molecule has 1 aliphatic heterocycles. The van der Waals surface area contributed by atoms with Gasteiger partial charge >= 0.3 is 5.97 Å². The standard InChI is InChI=1S/C13H15BN2O2/c1-18-13(17)11-3-2-4-12(9-11)16-7-5-14(10-15)6-8-16/h2-4,9H,5-8H2,1H3. The molecule has 0 aromatic heterocycles. The predicted molar refractivity (Wildman–Crippen MR) is 71.0 cm³/mol. The summed E-state index contributed by atoms with van der Waals surface area (Å²) < 4.78 is 4.71. The molecule has 1 saturated heterocycles. The summed E-state index contributed by atoms with van der Waals surface area (Å²) in [5, 5.41) is 8.87. The zero-order valence-electron chi connectivity index (χ0n) is 10.4. The smallest absolute Gasteiger partial charge is 0.337 e. The number of carbonyl (C=O) groups is 1. The van der Waals surface area contributed by atoms with E-state index in [1.165, 1.54) is 7.11 Å². The molecule has 0 unspecified atom stereocenters. The Morgan fingerprint density at radius 2 is 2.17 bits per heavy atom. The van der Waals surface area contributed by atoms with Crippen LogP contribution < -0.4 is 4.90 Å². The van der Waals surface area contributed by atoms with Crippen molar-refractivity contribution in [2.75, 3.05) is 25.1 Å². The molecular formula is C13H15BN2O2. The van der Waals surface area contributed by atoms with Crippen LogP contribution >= 0.6 is 0 Å². The number of esters is 1. The zero-order chi connectivity index (χ0) is 13.0. The highest BCUT2D eigenvalue weighted by Gasteiger charge is 2.22. The number of benzene rings is 1. The fraction of sp³-hybridized carbons (Fsp3) is 0.385. The molecule has 92 valence electrons. The van der Waals surface area contributed by atoms with Crippen molar-refractivity contribution in [1.82, 2.24) is 0 Å². The normalized spacial score (nSPS) is 15.1. The number of anilines is 1. The topological polar surface area (TPSA) is 53.3 Å². The number of carbonyl (C=O) groups excluding carboxylic acids is 1. The Kier molecular flexibility index (Phi) is 3.88. The van der Waals surface area contributed by atoms with E-state index in [1.807, 2.05) is 18.2 Å². The maximum absolute atomic E-state index is 11.5. The summed E-state index contributed by atoms with van der Waals surface area (Å²) >= 11 is 0. The van der Waals surface area contributed by atoms with Crippen molar-refractivity contribution >= 4 is 18.4 Å². The van der Waals surface area contributed by atoms with E-state index in [-0.39, 0.29) is 12.7 Å². The quantitative estimate of drug-likeness (QED) is 0.586. The fourth-order valence-corrected chi connectivity index (χ4v) is 2.21. The fourth-order valence-electron chi connectivity index (χ4n) is 2.21. The Hall–Kier alpha value is -1.96. The first-order valence-corrected chi connectivity index (χ1v) is 6.07. The molecule has 4 nitrogen and oxygen atoms in total. The number of nitriles is 1. The first kappa shape index (κ1) is 12.5. The lowest BCUT2D eigenvalue weighted by molar-refractivity contribution is 0.0601. The summed E-state index contributed by atoms with van der Waals surface area (Å²) in [6, 6.07) is 7.44. The maximum atomic E-state index is 11.5. The van der Waals surface area contributed by atoms with Crippen LogP contribution in [0.2, 0.25) is 12.6 Å². The molecular weight excluding hydrogens is 227 g/mol. The zero-order valence-corrected chi connectivity index (χ0v) is 10.4. The van der Waals surface area contributed by atoms with Crippen molar-refractivity contribution in [3.63, 3.8) is 0 Å². The van der Waals surface area contributed by atoms with Crippen LogP contribution in [0.15, 0.2) is 24.3 Å². The van der Waals surface area contributed by atoms with Gasteiger partial charge in [-0.1, -0.05) is 6.07 Å². The SMILES string of the molecule is COC(=O)c1cccc(N2CCB(C#N)CC2)c1. The Balaban J connectivity index is 2.10. The van der Waals surface area contributed by atoms with Crippen LogP contribution in [-0.4, -0.2) is 32.9 Å². The molecule has 18 heavy (non-hydrogen) atoms. The van der Waals surface area contributed by atoms with E-state index in [2.05, 4.69) is 10.9 Å². The molecule has 0 N–H and O–H groups in total. The third-order valence-electron chi connectivity index (χ3n) is 3.31. The van der Waals surface area contributed by atoms with Crippen molar-refractivity contribution in [2.24, 2.45) is 0 Å². The largest absolute Gasteiger partial charge is 0.465 e. The molecule has 0 spiro atoms. The van der Waals surface area contributed by atoms with Gasteiger partial charge in [-0.2, -0.15) is 0 Å². The molecule has 1 aromatic carbocycles. The van der Waals surface area contributed by atoms with Crippen LogP contribution in [0.25, 0.3) is 0 Å². The highest BCUT2D eigenvalue weighted by molar-refractivity contribution is 6.67. The van der Waals surface area contributed by atoms with Crippen molar-refractivity contribution in [3.05, 3.63) is 29.8 Å². The number of rotatable bonds is 2. The third-order valence-corrected chi connectivity index (χ3v) is 3.31. The first-order valence-electron chi connectivity index (χ1n) is 6.07. The summed E-state index contributed by atoms with van der Waals surface area (Å²) in [6.45, 7) is 1.90. The maximum Gasteiger partial charge on any atom is 0.337 e. The van der Waals surface area contributed by atoms with E-state index >= 15 is 0 Å². The van der Waals surface area contributed by atoms with Gasteiger partial charge in [0.25, 0.3) is 6.71 Å². The summed E-state index contributed by atoms with van der Waals surface area (Å²) in [7, 11) is 1.38. The lowest BCUT2D eigenvalue weighted by Crippen LogP contribution is -2.36. The average molecular weight is 242 g/mol. The third kappa shape index (κ3) is 2.65. The van der Waals surface area contributed by atoms with Gasteiger partial charge in [-0.3, -0.25) is 0 Å². The molecule has 1 heterocycles. The van der Waals surface area contributed by atoms with Crippen LogP contribution in [0.4, 0.5) is 5.69 Å². The van der Waals surface area contributed by atoms with Crippen molar-refractivity contribution in [3.8, 4) is 5.97 Å². The minimum absolute atomic E-state index is 0.171. The molecule has 1 aliphatic rings. The van der Waals surface area contributed by atoms with Gasteiger partial charge in [0.15, 0.2) is 0 Å². The van der Waals surface area contributed by atoms with Crippen molar-refractivity contribution in [2.45, 2.75) is 12.6 Å². The van der Waals surface area contributed by atoms with Gasteiger partial charge in [-0.05, 0) is 30.8 Å². The first-order chi connectivity index (χ1) is 8.74. The van der Waals surface area contributed by atoms with Crippen molar-refractivity contribution in [1.29, 1.82) is 5.26 Å². The number of nitrogens with zero attached hydrogens (tertiary/aromatic N) is 2. The molecule has 0 amide bonds. The monoisotopic (exact) mass is 242 g/mol. The highest BCUT2D eigenvalue weighted by Crippen LogP contribution is 2.21. The van der Waals surface area contributed by atoms with Gasteiger partial charge in [0.05, 0.1) is 12.7 Å². The van der Waals surface area contributed by atoms with Crippen LogP contribution in [0.1, 0.15) is 10.4 Å². The van der Waals surface area contributed by atoms with E-state index < -0.39 is 0 Å². The van der Waals surface area contributed by atoms with Gasteiger partial charge in [0, 0.05) is 24.7 Å². The molecule has 0 bridgehead atoms. The van der Waals surface area contributed by atoms with Crippen LogP contribution in [-0.2, 0) is 4.74 Å². The van der Waals surface area contributed by atoms with Gasteiger partial charge < -0.3 is 9.64 Å². The molecule has 1 fully saturated rings. The van der Waals surface area contributed by atoms with Gasteiger partial charge in [0.2, 0.25) is 0 Å². The molecule has 0 radical (unpaired) electrons. The van der Waals surface area contributed by atoms with Gasteiger partial charge in [-0.15, -0.1) is 0 Å². The molecule has 0 atom stereocenters. The minimum atomic E-state index is -0.316. The Bertz CT molecular complexity index is 476. The minimum Gasteiger partial charge on any atom is -0.465 e. The predicted octanol–water partition coefficient (Wildman–Crippen LogP) is 1.85. The second-order valence-electron chi connectivity index (χ2n) is 4.43. The second kappa shape index (κ2) is 5.59. The second-order valence-corrected chi connectivity index (χ2v) is 4.43. The molecule has 2 rings (SSSR count). The molecule has 0 saturated carbocycles. The Morgan fingerprint density at radius 3 is 2.78 bits per heavy atom. The number of hydrogen-bond acceptors (Lipinski definition) is 4. The summed E-state index contributed by atoms with van der Waals surface area (Å²) in [5.41, 5.74) is 1.59. The van der Waals surface area contributed by atoms with E-state index in [1.54, 1.807) is 6.07 Å². The van der Waals surface area contributed by atoms with E-state index in [0.717, 1.165) is 31.4 Å². The number of methoxy groups -OCH3 is 1. The number of hydrogen-bond donors (Lipinski definition) is 0.